The van der Waals surface area contributed by atoms with Crippen LogP contribution in [0.3, 0.4) is 0 Å². The van der Waals surface area contributed by atoms with Gasteiger partial charge in [-0.15, -0.1) is 0 Å². The first-order valence-corrected chi connectivity index (χ1v) is 7.31. The minimum absolute atomic E-state index is 0.121. The highest BCUT2D eigenvalue weighted by atomic mass is 16.2. The van der Waals surface area contributed by atoms with E-state index in [1.54, 1.807) is 0 Å². The Labute approximate surface area is 113 Å². The summed E-state index contributed by atoms with van der Waals surface area (Å²) in [6.07, 6.45) is 6.06. The van der Waals surface area contributed by atoms with Gasteiger partial charge in [0, 0.05) is 7.05 Å². The number of benzene rings is 1. The van der Waals surface area contributed by atoms with Gasteiger partial charge in [0.25, 0.3) is 0 Å². The number of amides is 1. The molecule has 4 bridgehead atoms. The number of carbonyl (C=O) groups is 1. The Morgan fingerprint density at radius 3 is 2.53 bits per heavy atom. The Bertz CT molecular complexity index is 619. The molecule has 19 heavy (non-hydrogen) atoms. The fraction of sp³-hybridized carbons (Fsp3) is 0.471. The number of rotatable bonds is 0. The highest BCUT2D eigenvalue weighted by Crippen LogP contribution is 2.65. The van der Waals surface area contributed by atoms with Crippen LogP contribution in [0.25, 0.3) is 0 Å². The van der Waals surface area contributed by atoms with Crippen molar-refractivity contribution in [2.75, 3.05) is 7.05 Å². The quantitative estimate of drug-likeness (QED) is 0.649. The van der Waals surface area contributed by atoms with Crippen LogP contribution in [0, 0.1) is 23.7 Å². The van der Waals surface area contributed by atoms with Crippen molar-refractivity contribution in [1.29, 1.82) is 0 Å². The van der Waals surface area contributed by atoms with Crippen LogP contribution in [0.1, 0.15) is 29.5 Å². The maximum Gasteiger partial charge on any atom is 0.230 e. The first-order valence-electron chi connectivity index (χ1n) is 7.31. The molecule has 6 atom stereocenters. The molecule has 1 saturated heterocycles. The third kappa shape index (κ3) is 1.00. The molecule has 1 aromatic rings. The Morgan fingerprint density at radius 1 is 1.05 bits per heavy atom. The molecule has 0 unspecified atom stereocenters. The van der Waals surface area contributed by atoms with Crippen LogP contribution in [0.15, 0.2) is 36.4 Å². The van der Waals surface area contributed by atoms with E-state index in [1.165, 1.54) is 17.5 Å². The van der Waals surface area contributed by atoms with E-state index in [4.69, 9.17) is 0 Å². The van der Waals surface area contributed by atoms with Crippen LogP contribution in [0.5, 0.6) is 0 Å². The summed E-state index contributed by atoms with van der Waals surface area (Å²) < 4.78 is 0. The minimum atomic E-state index is 0.121. The Kier molecular flexibility index (Phi) is 1.68. The molecule has 1 amide bonds. The van der Waals surface area contributed by atoms with Gasteiger partial charge in [-0.25, -0.2) is 0 Å². The molecule has 0 aromatic heterocycles. The van der Waals surface area contributed by atoms with E-state index in [2.05, 4.69) is 36.4 Å². The average molecular weight is 251 g/mol. The molecule has 2 fully saturated rings. The van der Waals surface area contributed by atoms with Gasteiger partial charge in [0.15, 0.2) is 0 Å². The Morgan fingerprint density at radius 2 is 1.74 bits per heavy atom. The first kappa shape index (κ1) is 10.2. The van der Waals surface area contributed by atoms with Gasteiger partial charge in [0.2, 0.25) is 5.91 Å². The lowest BCUT2D eigenvalue weighted by molar-refractivity contribution is -0.145. The topological polar surface area (TPSA) is 20.3 Å². The van der Waals surface area contributed by atoms with Crippen molar-refractivity contribution in [2.24, 2.45) is 23.7 Å². The second-order valence-electron chi connectivity index (χ2n) is 6.60. The maximum absolute atomic E-state index is 12.7. The molecular weight excluding hydrogens is 234 g/mol. The van der Waals surface area contributed by atoms with E-state index in [0.717, 1.165) is 0 Å². The fourth-order valence-electron chi connectivity index (χ4n) is 5.41. The molecule has 5 aliphatic rings. The molecule has 96 valence electrons. The van der Waals surface area contributed by atoms with E-state index in [0.29, 0.717) is 35.6 Å². The van der Waals surface area contributed by atoms with Crippen LogP contribution in [0.2, 0.25) is 0 Å². The molecule has 1 aromatic carbocycles. The van der Waals surface area contributed by atoms with Gasteiger partial charge in [-0.1, -0.05) is 36.4 Å². The van der Waals surface area contributed by atoms with Gasteiger partial charge in [-0.05, 0) is 41.2 Å². The van der Waals surface area contributed by atoms with Gasteiger partial charge < -0.3 is 4.90 Å². The van der Waals surface area contributed by atoms with Crippen molar-refractivity contribution in [3.8, 4) is 0 Å². The molecule has 3 aliphatic carbocycles. The summed E-state index contributed by atoms with van der Waals surface area (Å²) in [6, 6.07) is 8.95. The number of carbonyl (C=O) groups excluding carboxylic acids is 1. The molecular formula is C17H17NO. The zero-order valence-corrected chi connectivity index (χ0v) is 11.0. The molecule has 2 nitrogen and oxygen atoms in total. The molecule has 2 heteroatoms. The highest BCUT2D eigenvalue weighted by Gasteiger charge is 2.61. The summed E-state index contributed by atoms with van der Waals surface area (Å²) in [5, 5.41) is 0. The second-order valence-corrected chi connectivity index (χ2v) is 6.60. The molecule has 0 N–H and O–H groups in total. The lowest BCUT2D eigenvalue weighted by atomic mass is 9.59. The standard InChI is InChI=1S/C17H17NO/c1-18-16-12-5-3-2-4-11(12)15(17(18)19)13-9-6-7-10(8-9)14(13)16/h2-7,9-10,13-16H,8H2,1H3/t9-,10+,13-,14+,15-,16+/m1/s1. The number of hydrogen-bond donors (Lipinski definition) is 0. The largest absolute Gasteiger partial charge is 0.338 e. The number of nitrogens with zero attached hydrogens (tertiary/aromatic N) is 1. The summed E-state index contributed by atoms with van der Waals surface area (Å²) in [4.78, 5) is 14.7. The number of hydrogen-bond acceptors (Lipinski definition) is 1. The van der Waals surface area contributed by atoms with Gasteiger partial charge >= 0.3 is 0 Å². The summed E-state index contributed by atoms with van der Waals surface area (Å²) in [5.41, 5.74) is 2.73. The summed E-state index contributed by atoms with van der Waals surface area (Å²) in [6.45, 7) is 0. The van der Waals surface area contributed by atoms with Crippen LogP contribution >= 0.6 is 0 Å². The number of likely N-dealkylation sites (N-methyl/N-ethyl adjacent to an activating group) is 1. The molecule has 0 spiro atoms. The van der Waals surface area contributed by atoms with E-state index in [-0.39, 0.29) is 5.92 Å². The zero-order chi connectivity index (χ0) is 12.7. The monoisotopic (exact) mass is 251 g/mol. The van der Waals surface area contributed by atoms with Gasteiger partial charge in [0.1, 0.15) is 0 Å². The molecule has 1 saturated carbocycles. The third-order valence-electron chi connectivity index (χ3n) is 6.01. The van der Waals surface area contributed by atoms with Crippen molar-refractivity contribution in [2.45, 2.75) is 18.4 Å². The highest BCUT2D eigenvalue weighted by molar-refractivity contribution is 5.88. The SMILES string of the molecule is CN1C(=O)[C@@H]2c3ccccc3[C@H]1[C@@H]1[C@H]2[C@@H]2C=C[C@H]1C2. The van der Waals surface area contributed by atoms with Gasteiger partial charge in [-0.3, -0.25) is 4.79 Å². The number of allylic oxidation sites excluding steroid dienone is 2. The second kappa shape index (κ2) is 3.12. The normalized spacial score (nSPS) is 44.7. The van der Waals surface area contributed by atoms with Crippen LogP contribution in [-0.2, 0) is 4.79 Å². The van der Waals surface area contributed by atoms with E-state index >= 15 is 0 Å². The van der Waals surface area contributed by atoms with Crippen molar-refractivity contribution >= 4 is 5.91 Å². The number of piperidine rings is 1. The van der Waals surface area contributed by atoms with Crippen molar-refractivity contribution in [3.05, 3.63) is 47.5 Å². The van der Waals surface area contributed by atoms with Crippen molar-refractivity contribution in [3.63, 3.8) is 0 Å². The van der Waals surface area contributed by atoms with Gasteiger partial charge in [-0.2, -0.15) is 0 Å². The lowest BCUT2D eigenvalue weighted by Gasteiger charge is -2.54. The summed E-state index contributed by atoms with van der Waals surface area (Å²) >= 11 is 0. The molecule has 2 heterocycles. The minimum Gasteiger partial charge on any atom is -0.338 e. The predicted octanol–water partition coefficient (Wildman–Crippen LogP) is 2.74. The van der Waals surface area contributed by atoms with E-state index < -0.39 is 0 Å². The fourth-order valence-corrected chi connectivity index (χ4v) is 5.41. The van der Waals surface area contributed by atoms with Crippen LogP contribution in [0.4, 0.5) is 0 Å². The summed E-state index contributed by atoms with van der Waals surface area (Å²) in [7, 11) is 2.00. The number of fused-ring (bicyclic) bond motifs is 3. The summed E-state index contributed by atoms with van der Waals surface area (Å²) in [5.74, 6) is 3.05. The first-order chi connectivity index (χ1) is 9.27. The maximum atomic E-state index is 12.7. The Hall–Kier alpha value is -1.57. The van der Waals surface area contributed by atoms with Gasteiger partial charge in [0.05, 0.1) is 12.0 Å². The van der Waals surface area contributed by atoms with Crippen LogP contribution < -0.4 is 0 Å². The average Bonchev–Trinajstić information content (AvgIpc) is 3.04. The van der Waals surface area contributed by atoms with E-state index in [9.17, 15) is 4.79 Å². The zero-order valence-electron chi connectivity index (χ0n) is 11.0. The Balaban J connectivity index is 1.79. The third-order valence-corrected chi connectivity index (χ3v) is 6.01. The van der Waals surface area contributed by atoms with E-state index in [1.807, 2.05) is 11.9 Å². The lowest BCUT2D eigenvalue weighted by Crippen LogP contribution is -2.54. The predicted molar refractivity (Wildman–Crippen MR) is 72.4 cm³/mol. The van der Waals surface area contributed by atoms with Crippen molar-refractivity contribution in [1.82, 2.24) is 4.90 Å². The van der Waals surface area contributed by atoms with Crippen LogP contribution in [-0.4, -0.2) is 17.9 Å². The smallest absolute Gasteiger partial charge is 0.230 e. The molecule has 2 aliphatic heterocycles. The van der Waals surface area contributed by atoms with Crippen molar-refractivity contribution < 1.29 is 4.79 Å². The molecule has 6 rings (SSSR count). The molecule has 0 radical (unpaired) electrons.